The van der Waals surface area contributed by atoms with Gasteiger partial charge in [-0.1, -0.05) is 0 Å². The van der Waals surface area contributed by atoms with Gasteiger partial charge in [0.1, 0.15) is 0 Å². The summed E-state index contributed by atoms with van der Waals surface area (Å²) in [5.74, 6) is 0. The van der Waals surface area contributed by atoms with Gasteiger partial charge in [-0.25, -0.2) is 0 Å². The van der Waals surface area contributed by atoms with Crippen LogP contribution in [-0.4, -0.2) is 77.2 Å². The average molecular weight is 566 g/mol. The normalized spacial score (nSPS) is 8.31. The predicted molar refractivity (Wildman–Crippen MR) is 75.8 cm³/mol. The third kappa shape index (κ3) is 287. The molecule has 0 saturated carbocycles. The molecule has 0 bridgehead atoms. The Bertz CT molecular complexity index is 43.4. The summed E-state index contributed by atoms with van der Waals surface area (Å²) >= 11 is -1.63. The van der Waals surface area contributed by atoms with E-state index in [1.807, 2.05) is 0 Å². The Kier molecular flexibility index (Phi) is 39.1. The summed E-state index contributed by atoms with van der Waals surface area (Å²) in [5.41, 5.74) is 0. The van der Waals surface area contributed by atoms with Gasteiger partial charge in [0, 0.05) is 18.0 Å². The molecule has 0 aromatic carbocycles. The molecule has 0 amide bonds. The van der Waals surface area contributed by atoms with Crippen LogP contribution in [0.5, 0.6) is 0 Å². The van der Waals surface area contributed by atoms with Crippen molar-refractivity contribution in [2.45, 2.75) is 44.5 Å². The number of hydrogen-bond donors (Lipinski definition) is 0. The van der Waals surface area contributed by atoms with E-state index in [1.54, 1.807) is 0 Å². The monoisotopic (exact) mass is 570 g/mol. The Morgan fingerprint density at radius 2 is 0.385 bits per heavy atom. The summed E-state index contributed by atoms with van der Waals surface area (Å²) in [6.07, 6.45) is 0. The Morgan fingerprint density at radius 3 is 0.385 bits per heavy atom. The third-order valence-corrected chi connectivity index (χ3v) is 0. The zero-order valence-corrected chi connectivity index (χ0v) is 21.4. The van der Waals surface area contributed by atoms with Crippen LogP contribution in [0.3, 0.4) is 0 Å². The fourth-order valence-electron chi connectivity index (χ4n) is 0. The summed E-state index contributed by atoms with van der Waals surface area (Å²) in [4.78, 5) is 21.3. The van der Waals surface area contributed by atoms with E-state index in [9.17, 15) is 0 Å². The molecular formula is C9H27AsSn3. The third-order valence-electron chi connectivity index (χ3n) is 0. The summed E-state index contributed by atoms with van der Waals surface area (Å²) in [7, 11) is 0. The fourth-order valence-corrected chi connectivity index (χ4v) is 0. The molecule has 0 heterocycles. The quantitative estimate of drug-likeness (QED) is 0.393. The zero-order valence-electron chi connectivity index (χ0n) is 10.9. The van der Waals surface area contributed by atoms with Crippen molar-refractivity contribution < 1.29 is 0 Å². The molecule has 0 spiro atoms. The molecule has 0 atom stereocenters. The van der Waals surface area contributed by atoms with Crippen molar-refractivity contribution in [2.24, 2.45) is 0 Å². The van der Waals surface area contributed by atoms with Crippen LogP contribution in [0.15, 0.2) is 0 Å². The molecule has 6 radical (unpaired) electrons. The van der Waals surface area contributed by atoms with E-state index < -0.39 is 59.3 Å². The predicted octanol–water partition coefficient (Wildman–Crippen LogP) is 3.73. The average Bonchev–Trinajstić information content (AvgIpc) is 1.54. The molecule has 0 rings (SSSR count). The van der Waals surface area contributed by atoms with Crippen molar-refractivity contribution >= 4 is 77.2 Å². The van der Waals surface area contributed by atoms with Gasteiger partial charge in [-0.3, -0.25) is 0 Å². The van der Waals surface area contributed by atoms with Crippen molar-refractivity contribution in [3.05, 3.63) is 0 Å². The van der Waals surface area contributed by atoms with Crippen LogP contribution in [0.2, 0.25) is 44.5 Å². The van der Waals surface area contributed by atoms with Gasteiger partial charge in [0.15, 0.2) is 0 Å². The minimum atomic E-state index is -0.543. The summed E-state index contributed by atoms with van der Waals surface area (Å²) in [6.45, 7) is 0. The molecule has 0 aliphatic heterocycles. The van der Waals surface area contributed by atoms with E-state index in [2.05, 4.69) is 44.5 Å². The van der Waals surface area contributed by atoms with E-state index >= 15 is 0 Å². The fraction of sp³-hybridized carbons (Fsp3) is 1.00. The van der Waals surface area contributed by atoms with Gasteiger partial charge in [0.05, 0.1) is 0 Å². The first kappa shape index (κ1) is 25.0. The van der Waals surface area contributed by atoms with Crippen molar-refractivity contribution in [3.63, 3.8) is 0 Å². The van der Waals surface area contributed by atoms with Crippen molar-refractivity contribution in [1.82, 2.24) is 0 Å². The molecular weight excluding hydrogens is 539 g/mol. The maximum atomic E-state index is 2.36. The molecule has 0 unspecified atom stereocenters. The molecule has 4 heteroatoms. The van der Waals surface area contributed by atoms with E-state index in [0.29, 0.717) is 0 Å². The number of rotatable bonds is 0. The van der Waals surface area contributed by atoms with Gasteiger partial charge in [-0.05, 0) is 0 Å². The molecule has 0 N–H and O–H groups in total. The topological polar surface area (TPSA) is 0 Å². The Labute approximate surface area is 120 Å². The van der Waals surface area contributed by atoms with Crippen molar-refractivity contribution in [1.29, 1.82) is 0 Å². The van der Waals surface area contributed by atoms with Gasteiger partial charge in [-0.15, -0.1) is 0 Å². The first-order valence-corrected chi connectivity index (χ1v) is 30.2. The molecule has 13 heavy (non-hydrogen) atoms. The van der Waals surface area contributed by atoms with Gasteiger partial charge in [0.25, 0.3) is 0 Å². The van der Waals surface area contributed by atoms with Crippen molar-refractivity contribution in [2.75, 3.05) is 0 Å². The molecule has 0 aromatic heterocycles. The van der Waals surface area contributed by atoms with Crippen LogP contribution in [0.25, 0.3) is 0 Å². The van der Waals surface area contributed by atoms with E-state index in [-0.39, 0.29) is 18.0 Å². The van der Waals surface area contributed by atoms with Crippen LogP contribution in [0.4, 0.5) is 0 Å². The Hall–Kier alpha value is 2.95. The summed E-state index contributed by atoms with van der Waals surface area (Å²) in [6, 6.07) is 0. The van der Waals surface area contributed by atoms with Crippen LogP contribution in [0, 0.1) is 0 Å². The van der Waals surface area contributed by atoms with Gasteiger partial charge >= 0.3 is 104 Å². The Morgan fingerprint density at radius 1 is 0.385 bits per heavy atom. The van der Waals surface area contributed by atoms with Crippen LogP contribution in [0.1, 0.15) is 0 Å². The molecule has 80 valence electrons. The summed E-state index contributed by atoms with van der Waals surface area (Å²) < 4.78 is 0. The van der Waals surface area contributed by atoms with E-state index in [4.69, 9.17) is 0 Å². The second-order valence-corrected chi connectivity index (χ2v) is 30.2. The maximum absolute atomic E-state index is 2.36. The molecule has 0 fully saturated rings. The van der Waals surface area contributed by atoms with Crippen molar-refractivity contribution in [3.8, 4) is 0 Å². The van der Waals surface area contributed by atoms with Crippen LogP contribution < -0.4 is 0 Å². The molecule has 0 nitrogen and oxygen atoms in total. The van der Waals surface area contributed by atoms with Gasteiger partial charge in [-0.2, -0.15) is 0 Å². The standard InChI is InChI=1S/9CH3.As.3Sn/h9*1H3;;;;. The first-order valence-electron chi connectivity index (χ1n) is 4.50. The SMILES string of the molecule is [As].[CH3][Sn]([CH3])[CH3].[CH3][Sn]([CH3])[CH3].[CH3][Sn]([CH3])[CH3]. The second-order valence-electron chi connectivity index (χ2n) is 4.50. The zero-order chi connectivity index (χ0) is 10.7. The number of hydrogen-bond acceptors (Lipinski definition) is 0. The van der Waals surface area contributed by atoms with Crippen LogP contribution in [-0.2, 0) is 0 Å². The second kappa shape index (κ2) is 20.4. The molecule has 0 aliphatic carbocycles. The molecule has 0 aliphatic rings. The summed E-state index contributed by atoms with van der Waals surface area (Å²) in [5, 5.41) is 0. The van der Waals surface area contributed by atoms with Crippen LogP contribution >= 0.6 is 0 Å². The van der Waals surface area contributed by atoms with Gasteiger partial charge < -0.3 is 0 Å². The molecule has 0 aromatic rings. The molecule has 0 saturated heterocycles. The van der Waals surface area contributed by atoms with E-state index in [0.717, 1.165) is 0 Å². The first-order chi connectivity index (χ1) is 5.20. The van der Waals surface area contributed by atoms with E-state index in [1.165, 1.54) is 0 Å². The minimum absolute atomic E-state index is 0. The Balaban J connectivity index is -0.0000000450. The van der Waals surface area contributed by atoms with Gasteiger partial charge in [0.2, 0.25) is 0 Å².